The van der Waals surface area contributed by atoms with Gasteiger partial charge in [0.2, 0.25) is 0 Å². The first-order valence-corrected chi connectivity index (χ1v) is 9.69. The van der Waals surface area contributed by atoms with Crippen molar-refractivity contribution in [3.05, 3.63) is 81.5 Å². The first kappa shape index (κ1) is 19.7. The Labute approximate surface area is 174 Å². The highest BCUT2D eigenvalue weighted by Crippen LogP contribution is 2.23. The van der Waals surface area contributed by atoms with Crippen molar-refractivity contribution in [2.75, 3.05) is 5.32 Å². The summed E-state index contributed by atoms with van der Waals surface area (Å²) in [6, 6.07) is 17.8. The van der Waals surface area contributed by atoms with E-state index in [1.165, 1.54) is 5.56 Å². The topological polar surface area (TPSA) is 41.9 Å². The number of anilines is 1. The van der Waals surface area contributed by atoms with Crippen LogP contribution in [-0.2, 0) is 6.54 Å². The molecule has 0 aliphatic carbocycles. The van der Waals surface area contributed by atoms with Crippen molar-refractivity contribution >= 4 is 46.4 Å². The second-order valence-corrected chi connectivity index (χ2v) is 7.53. The normalized spacial score (nSPS) is 11.9. The van der Waals surface area contributed by atoms with Gasteiger partial charge in [0.25, 0.3) is 0 Å². The molecule has 3 aromatic rings. The quantitative estimate of drug-likeness (QED) is 0.529. The van der Waals surface area contributed by atoms with Gasteiger partial charge in [-0.2, -0.15) is 5.10 Å². The molecule has 0 aliphatic rings. The number of aryl methyl sites for hydroxylation is 1. The molecule has 7 heteroatoms. The summed E-state index contributed by atoms with van der Waals surface area (Å²) in [6.07, 6.45) is 0. The average Bonchev–Trinajstić information content (AvgIpc) is 2.97. The fourth-order valence-corrected chi connectivity index (χ4v) is 3.32. The minimum Gasteiger partial charge on any atom is -0.356 e. The molecule has 0 amide bonds. The van der Waals surface area contributed by atoms with Crippen LogP contribution in [0.1, 0.15) is 29.8 Å². The Morgan fingerprint density at radius 1 is 1.11 bits per heavy atom. The van der Waals surface area contributed by atoms with E-state index in [-0.39, 0.29) is 6.04 Å². The Bertz CT molecular complexity index is 940. The average molecular weight is 419 g/mol. The van der Waals surface area contributed by atoms with Crippen LogP contribution in [0.4, 0.5) is 5.82 Å². The Kier molecular flexibility index (Phi) is 6.37. The van der Waals surface area contributed by atoms with Crippen molar-refractivity contribution in [1.82, 2.24) is 15.1 Å². The molecule has 2 N–H and O–H groups in total. The van der Waals surface area contributed by atoms with Gasteiger partial charge < -0.3 is 10.6 Å². The molecule has 4 nitrogen and oxygen atoms in total. The Hall–Kier alpha value is -2.08. The second kappa shape index (κ2) is 8.74. The van der Waals surface area contributed by atoms with Gasteiger partial charge >= 0.3 is 0 Å². The van der Waals surface area contributed by atoms with Gasteiger partial charge in [0.1, 0.15) is 0 Å². The Balaban J connectivity index is 1.63. The van der Waals surface area contributed by atoms with Crippen LogP contribution in [0.5, 0.6) is 0 Å². The van der Waals surface area contributed by atoms with Crippen molar-refractivity contribution in [3.8, 4) is 0 Å². The third kappa shape index (κ3) is 5.22. The van der Waals surface area contributed by atoms with Crippen LogP contribution >= 0.6 is 35.4 Å². The van der Waals surface area contributed by atoms with E-state index in [2.05, 4.69) is 34.8 Å². The molecule has 3 rings (SSSR count). The number of thiocarbonyl (C=S) groups is 1. The third-order valence-electron chi connectivity index (χ3n) is 4.19. The molecule has 0 bridgehead atoms. The molecule has 0 radical (unpaired) electrons. The minimum absolute atomic E-state index is 0.102. The highest BCUT2D eigenvalue weighted by atomic mass is 35.5. The standard InChI is InChI=1S/C20H20Cl2N4S/c1-13-10-19(24-20(27)23-14(2)16-6-4-3-5-7-16)25-26(13)12-15-8-9-17(21)18(22)11-15/h3-11,14H,12H2,1-2H3,(H2,23,24,25,27). The number of nitrogens with zero attached hydrogens (tertiary/aromatic N) is 2. The molecule has 0 fully saturated rings. The molecule has 1 unspecified atom stereocenters. The van der Waals surface area contributed by atoms with E-state index in [1.54, 1.807) is 6.07 Å². The maximum absolute atomic E-state index is 6.09. The van der Waals surface area contributed by atoms with Crippen molar-refractivity contribution < 1.29 is 0 Å². The lowest BCUT2D eigenvalue weighted by Gasteiger charge is -2.16. The zero-order valence-electron chi connectivity index (χ0n) is 15.0. The molecule has 0 saturated carbocycles. The van der Waals surface area contributed by atoms with Crippen LogP contribution in [0, 0.1) is 6.92 Å². The van der Waals surface area contributed by atoms with Crippen molar-refractivity contribution in [2.45, 2.75) is 26.4 Å². The van der Waals surface area contributed by atoms with E-state index in [0.717, 1.165) is 11.3 Å². The van der Waals surface area contributed by atoms with E-state index in [4.69, 9.17) is 35.4 Å². The monoisotopic (exact) mass is 418 g/mol. The molecule has 2 aromatic carbocycles. The van der Waals surface area contributed by atoms with E-state index in [9.17, 15) is 0 Å². The summed E-state index contributed by atoms with van der Waals surface area (Å²) >= 11 is 17.5. The number of rotatable bonds is 5. The lowest BCUT2D eigenvalue weighted by Crippen LogP contribution is -2.31. The van der Waals surface area contributed by atoms with Crippen LogP contribution in [0.3, 0.4) is 0 Å². The lowest BCUT2D eigenvalue weighted by molar-refractivity contribution is 0.667. The summed E-state index contributed by atoms with van der Waals surface area (Å²) in [5, 5.41) is 12.6. The fourth-order valence-electron chi connectivity index (χ4n) is 2.72. The highest BCUT2D eigenvalue weighted by Gasteiger charge is 2.10. The summed E-state index contributed by atoms with van der Waals surface area (Å²) in [7, 11) is 0. The first-order chi connectivity index (χ1) is 12.9. The van der Waals surface area contributed by atoms with E-state index < -0.39 is 0 Å². The predicted molar refractivity (Wildman–Crippen MR) is 117 cm³/mol. The smallest absolute Gasteiger partial charge is 0.172 e. The number of benzene rings is 2. The van der Waals surface area contributed by atoms with Crippen molar-refractivity contribution in [1.29, 1.82) is 0 Å². The van der Waals surface area contributed by atoms with Crippen molar-refractivity contribution in [3.63, 3.8) is 0 Å². The lowest BCUT2D eigenvalue weighted by atomic mass is 10.1. The van der Waals surface area contributed by atoms with E-state index >= 15 is 0 Å². The zero-order chi connectivity index (χ0) is 19.4. The molecule has 0 aliphatic heterocycles. The fraction of sp³-hybridized carbons (Fsp3) is 0.200. The Morgan fingerprint density at radius 3 is 2.56 bits per heavy atom. The summed E-state index contributed by atoms with van der Waals surface area (Å²) < 4.78 is 1.89. The number of nitrogens with one attached hydrogen (secondary N) is 2. The van der Waals surface area contributed by atoms with Gasteiger partial charge in [0.05, 0.1) is 22.6 Å². The van der Waals surface area contributed by atoms with Gasteiger partial charge in [-0.25, -0.2) is 0 Å². The zero-order valence-corrected chi connectivity index (χ0v) is 17.4. The Morgan fingerprint density at radius 2 is 1.85 bits per heavy atom. The maximum atomic E-state index is 6.09. The van der Waals surface area contributed by atoms with Gasteiger partial charge in [0, 0.05) is 11.8 Å². The molecule has 27 heavy (non-hydrogen) atoms. The van der Waals surface area contributed by atoms with Crippen molar-refractivity contribution in [2.24, 2.45) is 0 Å². The predicted octanol–water partition coefficient (Wildman–Crippen LogP) is 5.59. The molecular formula is C20H20Cl2N4S. The first-order valence-electron chi connectivity index (χ1n) is 8.53. The summed E-state index contributed by atoms with van der Waals surface area (Å²) in [5.74, 6) is 0.699. The molecule has 0 spiro atoms. The van der Waals surface area contributed by atoms with Crippen LogP contribution in [0.15, 0.2) is 54.6 Å². The summed E-state index contributed by atoms with van der Waals surface area (Å²) in [4.78, 5) is 0. The van der Waals surface area contributed by atoms with Crippen LogP contribution in [0.25, 0.3) is 0 Å². The number of halogens is 2. The summed E-state index contributed by atoms with van der Waals surface area (Å²) in [5.41, 5.74) is 3.21. The second-order valence-electron chi connectivity index (χ2n) is 6.31. The molecule has 140 valence electrons. The van der Waals surface area contributed by atoms with Crippen LogP contribution in [-0.4, -0.2) is 14.9 Å². The number of aromatic nitrogens is 2. The van der Waals surface area contributed by atoms with Crippen LogP contribution < -0.4 is 10.6 Å². The largest absolute Gasteiger partial charge is 0.356 e. The van der Waals surface area contributed by atoms with Crippen LogP contribution in [0.2, 0.25) is 10.0 Å². The molecular weight excluding hydrogens is 399 g/mol. The number of hydrogen-bond acceptors (Lipinski definition) is 2. The molecule has 1 heterocycles. The van der Waals surface area contributed by atoms with Gasteiger partial charge in [0.15, 0.2) is 10.9 Å². The summed E-state index contributed by atoms with van der Waals surface area (Å²) in [6.45, 7) is 4.67. The highest BCUT2D eigenvalue weighted by molar-refractivity contribution is 7.80. The SMILES string of the molecule is Cc1cc(NC(=S)NC(C)c2ccccc2)nn1Cc1ccc(Cl)c(Cl)c1. The van der Waals surface area contributed by atoms with Gasteiger partial charge in [-0.05, 0) is 49.3 Å². The van der Waals surface area contributed by atoms with E-state index in [1.807, 2.05) is 48.0 Å². The number of hydrogen-bond donors (Lipinski definition) is 2. The minimum atomic E-state index is 0.102. The molecule has 1 aromatic heterocycles. The van der Waals surface area contributed by atoms with Gasteiger partial charge in [-0.1, -0.05) is 59.6 Å². The van der Waals surface area contributed by atoms with Gasteiger partial charge in [-0.15, -0.1) is 0 Å². The maximum Gasteiger partial charge on any atom is 0.172 e. The molecule has 1 atom stereocenters. The van der Waals surface area contributed by atoms with E-state index in [0.29, 0.717) is 27.5 Å². The third-order valence-corrected chi connectivity index (χ3v) is 5.15. The van der Waals surface area contributed by atoms with Gasteiger partial charge in [-0.3, -0.25) is 4.68 Å². The molecule has 0 saturated heterocycles.